The highest BCUT2D eigenvalue weighted by Gasteiger charge is 2.24. The SMILES string of the molecule is C=CC(=O)OCC(COc1ccc(C(C)(C)c2ccc(OCC(COC(=O)C=C)OC(=O)C=C)cc2)cc1)OC(=O)C=C. The Bertz CT molecular complexity index is 1190. The molecule has 10 nitrogen and oxygen atoms in total. The van der Waals surface area contributed by atoms with Crippen molar-refractivity contribution in [2.75, 3.05) is 26.4 Å². The second kappa shape index (κ2) is 17.0. The van der Waals surface area contributed by atoms with Crippen LogP contribution in [0.3, 0.4) is 0 Å². The standard InChI is InChI=1S/C33H36O10/c1-7-29(34)40-21-27(42-31(36)9-3)19-38-25-15-11-23(12-16-25)33(5,6)24-13-17-26(18-14-24)39-20-28(43-32(37)10-4)22-41-30(35)8-2/h7-18,27-28H,1-4,19-22H2,5-6H3. The number of carbonyl (C=O) groups is 4. The van der Waals surface area contributed by atoms with E-state index in [0.717, 1.165) is 35.4 Å². The third kappa shape index (κ3) is 11.3. The molecule has 0 heterocycles. The Hall–Kier alpha value is -5.12. The molecule has 0 radical (unpaired) electrons. The quantitative estimate of drug-likeness (QED) is 0.140. The van der Waals surface area contributed by atoms with Crippen molar-refractivity contribution in [3.8, 4) is 11.5 Å². The van der Waals surface area contributed by atoms with Crippen LogP contribution in [0.4, 0.5) is 0 Å². The molecule has 0 aromatic heterocycles. The Morgan fingerprint density at radius 2 is 0.907 bits per heavy atom. The zero-order chi connectivity index (χ0) is 31.8. The predicted molar refractivity (Wildman–Crippen MR) is 158 cm³/mol. The van der Waals surface area contributed by atoms with Crippen molar-refractivity contribution in [1.29, 1.82) is 0 Å². The summed E-state index contributed by atoms with van der Waals surface area (Å²) >= 11 is 0. The number of esters is 4. The first kappa shape index (κ1) is 34.1. The number of hydrogen-bond acceptors (Lipinski definition) is 10. The van der Waals surface area contributed by atoms with Gasteiger partial charge in [0.25, 0.3) is 0 Å². The van der Waals surface area contributed by atoms with Gasteiger partial charge in [-0.05, 0) is 35.4 Å². The number of hydrogen-bond donors (Lipinski definition) is 0. The molecule has 0 saturated carbocycles. The summed E-state index contributed by atoms with van der Waals surface area (Å²) in [7, 11) is 0. The second-order valence-electron chi connectivity index (χ2n) is 9.49. The van der Waals surface area contributed by atoms with Crippen LogP contribution in [0.15, 0.2) is 99.2 Å². The lowest BCUT2D eigenvalue weighted by Gasteiger charge is -2.27. The summed E-state index contributed by atoms with van der Waals surface area (Å²) in [5.41, 5.74) is 1.62. The van der Waals surface area contributed by atoms with Crippen molar-refractivity contribution in [1.82, 2.24) is 0 Å². The lowest BCUT2D eigenvalue weighted by molar-refractivity contribution is -0.154. The molecule has 2 unspecified atom stereocenters. The molecule has 228 valence electrons. The Morgan fingerprint density at radius 1 is 0.581 bits per heavy atom. The fourth-order valence-corrected chi connectivity index (χ4v) is 3.61. The van der Waals surface area contributed by atoms with Gasteiger partial charge in [-0.2, -0.15) is 0 Å². The molecule has 0 N–H and O–H groups in total. The molecule has 2 atom stereocenters. The topological polar surface area (TPSA) is 124 Å². The van der Waals surface area contributed by atoms with E-state index in [9.17, 15) is 19.2 Å². The van der Waals surface area contributed by atoms with Gasteiger partial charge in [0, 0.05) is 29.7 Å². The highest BCUT2D eigenvalue weighted by Crippen LogP contribution is 2.33. The van der Waals surface area contributed by atoms with Crippen LogP contribution in [0, 0.1) is 0 Å². The van der Waals surface area contributed by atoms with Gasteiger partial charge in [-0.1, -0.05) is 64.4 Å². The van der Waals surface area contributed by atoms with E-state index < -0.39 is 36.1 Å². The van der Waals surface area contributed by atoms with Crippen molar-refractivity contribution in [2.45, 2.75) is 31.5 Å². The average Bonchev–Trinajstić information content (AvgIpc) is 3.03. The van der Waals surface area contributed by atoms with Gasteiger partial charge in [0.15, 0.2) is 12.2 Å². The van der Waals surface area contributed by atoms with Crippen molar-refractivity contribution < 1.29 is 47.6 Å². The summed E-state index contributed by atoms with van der Waals surface area (Å²) in [5.74, 6) is -1.55. The Kier molecular flexibility index (Phi) is 13.5. The van der Waals surface area contributed by atoms with Crippen molar-refractivity contribution >= 4 is 23.9 Å². The summed E-state index contributed by atoms with van der Waals surface area (Å²) < 4.78 is 31.9. The second-order valence-corrected chi connectivity index (χ2v) is 9.49. The van der Waals surface area contributed by atoms with Crippen LogP contribution in [0.5, 0.6) is 11.5 Å². The molecule has 0 amide bonds. The first-order chi connectivity index (χ1) is 20.5. The normalized spacial score (nSPS) is 12.0. The van der Waals surface area contributed by atoms with E-state index in [4.69, 9.17) is 28.4 Å². The molecule has 2 aromatic carbocycles. The largest absolute Gasteiger partial charge is 0.490 e. The van der Waals surface area contributed by atoms with Crippen LogP contribution in [-0.2, 0) is 43.5 Å². The van der Waals surface area contributed by atoms with Gasteiger partial charge in [0.1, 0.15) is 37.9 Å². The van der Waals surface area contributed by atoms with Crippen LogP contribution in [0.25, 0.3) is 0 Å². The molecule has 0 aliphatic rings. The molecule has 0 aliphatic carbocycles. The molecule has 2 aromatic rings. The fraction of sp³-hybridized carbons (Fsp3) is 0.273. The summed E-state index contributed by atoms with van der Waals surface area (Å²) in [6.07, 6.45) is 2.38. The van der Waals surface area contributed by atoms with Gasteiger partial charge in [-0.25, -0.2) is 19.2 Å². The van der Waals surface area contributed by atoms with Crippen molar-refractivity contribution in [3.05, 3.63) is 110 Å². The van der Waals surface area contributed by atoms with Crippen molar-refractivity contribution in [2.24, 2.45) is 0 Å². The van der Waals surface area contributed by atoms with E-state index in [-0.39, 0.29) is 31.8 Å². The number of ether oxygens (including phenoxy) is 6. The maximum Gasteiger partial charge on any atom is 0.330 e. The number of benzene rings is 2. The molecular formula is C33H36O10. The van der Waals surface area contributed by atoms with Gasteiger partial charge >= 0.3 is 23.9 Å². The van der Waals surface area contributed by atoms with E-state index in [0.29, 0.717) is 11.5 Å². The van der Waals surface area contributed by atoms with Gasteiger partial charge < -0.3 is 28.4 Å². The van der Waals surface area contributed by atoms with Gasteiger partial charge in [-0.15, -0.1) is 0 Å². The monoisotopic (exact) mass is 592 g/mol. The molecular weight excluding hydrogens is 556 g/mol. The Labute approximate surface area is 251 Å². The first-order valence-electron chi connectivity index (χ1n) is 13.2. The minimum Gasteiger partial charge on any atom is -0.490 e. The Morgan fingerprint density at radius 3 is 1.21 bits per heavy atom. The van der Waals surface area contributed by atoms with Gasteiger partial charge in [-0.3, -0.25) is 0 Å². The van der Waals surface area contributed by atoms with Crippen LogP contribution >= 0.6 is 0 Å². The maximum atomic E-state index is 11.6. The smallest absolute Gasteiger partial charge is 0.330 e. The van der Waals surface area contributed by atoms with E-state index in [1.807, 2.05) is 24.3 Å². The summed E-state index contributed by atoms with van der Waals surface area (Å²) in [5, 5.41) is 0. The summed E-state index contributed by atoms with van der Waals surface area (Å²) in [6.45, 7) is 17.1. The highest BCUT2D eigenvalue weighted by molar-refractivity contribution is 5.82. The lowest BCUT2D eigenvalue weighted by Crippen LogP contribution is -2.30. The van der Waals surface area contributed by atoms with Crippen LogP contribution in [0.2, 0.25) is 0 Å². The molecule has 0 spiro atoms. The van der Waals surface area contributed by atoms with Gasteiger partial charge in [0.05, 0.1) is 0 Å². The third-order valence-corrected chi connectivity index (χ3v) is 6.08. The maximum absolute atomic E-state index is 11.6. The third-order valence-electron chi connectivity index (χ3n) is 6.08. The molecule has 0 bridgehead atoms. The minimum absolute atomic E-state index is 0.0431. The number of carbonyl (C=O) groups excluding carboxylic acids is 4. The summed E-state index contributed by atoms with van der Waals surface area (Å²) in [4.78, 5) is 46.0. The zero-order valence-corrected chi connectivity index (χ0v) is 24.3. The number of rotatable bonds is 18. The molecule has 0 aliphatic heterocycles. The first-order valence-corrected chi connectivity index (χ1v) is 13.2. The van der Waals surface area contributed by atoms with Crippen molar-refractivity contribution in [3.63, 3.8) is 0 Å². The zero-order valence-electron chi connectivity index (χ0n) is 24.3. The van der Waals surface area contributed by atoms with Gasteiger partial charge in [0.2, 0.25) is 0 Å². The lowest BCUT2D eigenvalue weighted by atomic mass is 9.78. The van der Waals surface area contributed by atoms with E-state index in [2.05, 4.69) is 40.2 Å². The highest BCUT2D eigenvalue weighted by atomic mass is 16.6. The van der Waals surface area contributed by atoms with Crippen LogP contribution in [0.1, 0.15) is 25.0 Å². The molecule has 2 rings (SSSR count). The molecule has 10 heteroatoms. The van der Waals surface area contributed by atoms with E-state index in [1.54, 1.807) is 24.3 Å². The van der Waals surface area contributed by atoms with E-state index in [1.165, 1.54) is 0 Å². The molecule has 0 fully saturated rings. The Balaban J connectivity index is 2.02. The summed E-state index contributed by atoms with van der Waals surface area (Å²) in [6, 6.07) is 14.9. The minimum atomic E-state index is -0.835. The molecule has 43 heavy (non-hydrogen) atoms. The average molecular weight is 593 g/mol. The van der Waals surface area contributed by atoms with Crippen LogP contribution in [-0.4, -0.2) is 62.5 Å². The van der Waals surface area contributed by atoms with Crippen LogP contribution < -0.4 is 9.47 Å². The predicted octanol–water partition coefficient (Wildman–Crippen LogP) is 4.42. The molecule has 0 saturated heterocycles. The van der Waals surface area contributed by atoms with E-state index >= 15 is 0 Å². The fourth-order valence-electron chi connectivity index (χ4n) is 3.61.